The third kappa shape index (κ3) is 1.22. The highest BCUT2D eigenvalue weighted by Crippen LogP contribution is 2.16. The van der Waals surface area contributed by atoms with Crippen LogP contribution in [0.4, 0.5) is 4.79 Å². The van der Waals surface area contributed by atoms with Gasteiger partial charge in [0, 0.05) is 12.7 Å². The first-order valence-electron chi connectivity index (χ1n) is 4.17. The van der Waals surface area contributed by atoms with Crippen LogP contribution in [0.15, 0.2) is 12.3 Å². The molecule has 1 aliphatic rings. The van der Waals surface area contributed by atoms with Gasteiger partial charge in [-0.15, -0.1) is 0 Å². The van der Waals surface area contributed by atoms with E-state index in [1.165, 1.54) is 0 Å². The first-order chi connectivity index (χ1) is 6.70. The zero-order chi connectivity index (χ0) is 10.1. The zero-order valence-corrected chi connectivity index (χ0v) is 7.36. The molecule has 0 aliphatic carbocycles. The Balaban J connectivity index is 2.41. The monoisotopic (exact) mass is 190 g/mol. The van der Waals surface area contributed by atoms with Crippen LogP contribution >= 0.6 is 0 Å². The van der Waals surface area contributed by atoms with E-state index in [1.807, 2.05) is 0 Å². The maximum Gasteiger partial charge on any atom is 0.321 e. The maximum absolute atomic E-state index is 11.6. The number of nitrogens with zero attached hydrogens (tertiary/aromatic N) is 2. The quantitative estimate of drug-likeness (QED) is 0.623. The fourth-order valence-electron chi connectivity index (χ4n) is 1.46. The van der Waals surface area contributed by atoms with Crippen molar-refractivity contribution in [2.75, 3.05) is 6.54 Å². The number of aromatic nitrogens is 1. The van der Waals surface area contributed by atoms with Crippen LogP contribution in [0, 0.1) is 6.20 Å². The fraction of sp³-hybridized carbons (Fsp3) is 0.222. The summed E-state index contributed by atoms with van der Waals surface area (Å²) in [6.45, 7) is 0.332. The number of imide groups is 1. The molecule has 5 nitrogen and oxygen atoms in total. The topological polar surface area (TPSA) is 76.3 Å². The van der Waals surface area contributed by atoms with Crippen molar-refractivity contribution in [3.05, 3.63) is 29.6 Å². The molecule has 2 rings (SSSR count). The van der Waals surface area contributed by atoms with Crippen molar-refractivity contribution in [3.63, 3.8) is 0 Å². The van der Waals surface area contributed by atoms with Gasteiger partial charge in [-0.05, 0) is 18.1 Å². The van der Waals surface area contributed by atoms with Gasteiger partial charge in [0.05, 0.1) is 5.56 Å². The molecule has 2 heterocycles. The third-order valence-corrected chi connectivity index (χ3v) is 2.18. The van der Waals surface area contributed by atoms with Crippen molar-refractivity contribution in [2.45, 2.75) is 6.42 Å². The molecule has 14 heavy (non-hydrogen) atoms. The Bertz CT molecular complexity index is 403. The number of carbonyl (C=O) groups excluding carboxylic acids is 2. The molecule has 0 atom stereocenters. The average molecular weight is 190 g/mol. The molecule has 71 valence electrons. The smallest absolute Gasteiger partial charge is 0.321 e. The number of urea groups is 1. The van der Waals surface area contributed by atoms with Crippen molar-refractivity contribution in [1.82, 2.24) is 9.88 Å². The van der Waals surface area contributed by atoms with Gasteiger partial charge in [0.15, 0.2) is 0 Å². The van der Waals surface area contributed by atoms with E-state index in [0.29, 0.717) is 18.5 Å². The minimum absolute atomic E-state index is 0.332. The van der Waals surface area contributed by atoms with Crippen molar-refractivity contribution in [2.24, 2.45) is 5.73 Å². The minimum atomic E-state index is -0.724. The lowest BCUT2D eigenvalue weighted by Crippen LogP contribution is -2.45. The molecule has 1 radical (unpaired) electrons. The average Bonchev–Trinajstić information content (AvgIpc) is 2.18. The second kappa shape index (κ2) is 3.10. The molecule has 2 N–H and O–H groups in total. The lowest BCUT2D eigenvalue weighted by Gasteiger charge is -2.24. The number of fused-ring (bicyclic) bond motifs is 1. The van der Waals surface area contributed by atoms with E-state index < -0.39 is 11.9 Å². The Labute approximate surface area is 80.5 Å². The highest BCUT2D eigenvalue weighted by atomic mass is 16.2. The highest BCUT2D eigenvalue weighted by Gasteiger charge is 2.27. The second-order valence-corrected chi connectivity index (χ2v) is 3.00. The van der Waals surface area contributed by atoms with Crippen molar-refractivity contribution in [3.8, 4) is 0 Å². The van der Waals surface area contributed by atoms with E-state index in [0.717, 1.165) is 10.5 Å². The molecule has 3 amide bonds. The lowest BCUT2D eigenvalue weighted by molar-refractivity contribution is 0.0794. The zero-order valence-electron chi connectivity index (χ0n) is 7.36. The number of rotatable bonds is 0. The van der Waals surface area contributed by atoms with Crippen molar-refractivity contribution < 1.29 is 9.59 Å². The number of hydrogen-bond donors (Lipinski definition) is 1. The van der Waals surface area contributed by atoms with Crippen molar-refractivity contribution >= 4 is 11.9 Å². The Kier molecular flexibility index (Phi) is 1.92. The van der Waals surface area contributed by atoms with Gasteiger partial charge >= 0.3 is 6.03 Å². The summed E-state index contributed by atoms with van der Waals surface area (Å²) in [6.07, 6.45) is 4.76. The van der Waals surface area contributed by atoms with Gasteiger partial charge < -0.3 is 5.73 Å². The van der Waals surface area contributed by atoms with E-state index in [2.05, 4.69) is 11.2 Å². The summed E-state index contributed by atoms with van der Waals surface area (Å²) in [5, 5.41) is 0. The summed E-state index contributed by atoms with van der Waals surface area (Å²) < 4.78 is 0. The Morgan fingerprint density at radius 1 is 1.64 bits per heavy atom. The van der Waals surface area contributed by atoms with E-state index in [9.17, 15) is 9.59 Å². The van der Waals surface area contributed by atoms with Gasteiger partial charge in [-0.25, -0.2) is 4.79 Å². The van der Waals surface area contributed by atoms with Crippen LogP contribution in [-0.4, -0.2) is 28.4 Å². The third-order valence-electron chi connectivity index (χ3n) is 2.18. The standard InChI is InChI=1S/C9H8N3O2/c10-9(14)12-4-2-6-1-3-11-5-7(6)8(12)13/h1,3H,2,4H2,(H2,10,14). The molecule has 5 heteroatoms. The van der Waals surface area contributed by atoms with Crippen LogP contribution in [0.25, 0.3) is 0 Å². The van der Waals surface area contributed by atoms with Crippen LogP contribution < -0.4 is 5.73 Å². The second-order valence-electron chi connectivity index (χ2n) is 3.00. The van der Waals surface area contributed by atoms with Crippen LogP contribution in [0.2, 0.25) is 0 Å². The summed E-state index contributed by atoms with van der Waals surface area (Å²) in [6, 6.07) is 1.03. The summed E-state index contributed by atoms with van der Waals surface area (Å²) >= 11 is 0. The molecular formula is C9H8N3O2. The Morgan fingerprint density at radius 2 is 2.43 bits per heavy atom. The van der Waals surface area contributed by atoms with E-state index >= 15 is 0 Å². The first-order valence-corrected chi connectivity index (χ1v) is 4.17. The number of nitrogens with two attached hydrogens (primary N) is 1. The van der Waals surface area contributed by atoms with Crippen LogP contribution in [0.3, 0.4) is 0 Å². The van der Waals surface area contributed by atoms with Crippen molar-refractivity contribution in [1.29, 1.82) is 0 Å². The van der Waals surface area contributed by atoms with Crippen LogP contribution in [0.5, 0.6) is 0 Å². The number of primary amides is 1. The van der Waals surface area contributed by atoms with Gasteiger partial charge in [-0.2, -0.15) is 0 Å². The lowest BCUT2D eigenvalue weighted by atomic mass is 10.0. The highest BCUT2D eigenvalue weighted by molar-refractivity contribution is 6.05. The Morgan fingerprint density at radius 3 is 3.14 bits per heavy atom. The SMILES string of the molecule is NC(=O)N1CCc2ccn[c]c2C1=O. The summed E-state index contributed by atoms with van der Waals surface area (Å²) in [7, 11) is 0. The van der Waals surface area contributed by atoms with Crippen LogP contribution in [0.1, 0.15) is 15.9 Å². The summed E-state index contributed by atoms with van der Waals surface area (Å²) in [5.41, 5.74) is 6.25. The van der Waals surface area contributed by atoms with Gasteiger partial charge in [-0.1, -0.05) is 0 Å². The molecular weight excluding hydrogens is 182 g/mol. The fourth-order valence-corrected chi connectivity index (χ4v) is 1.46. The minimum Gasteiger partial charge on any atom is -0.351 e. The molecule has 0 aromatic carbocycles. The number of pyridine rings is 1. The normalized spacial score (nSPS) is 15.1. The number of carbonyl (C=O) groups is 2. The molecule has 1 aliphatic heterocycles. The molecule has 0 fully saturated rings. The predicted octanol–water partition coefficient (Wildman–Crippen LogP) is -0.0412. The molecule has 1 aromatic heterocycles. The Hall–Kier alpha value is -1.91. The van der Waals surface area contributed by atoms with E-state index in [-0.39, 0.29) is 0 Å². The molecule has 0 bridgehead atoms. The van der Waals surface area contributed by atoms with Gasteiger partial charge in [0.25, 0.3) is 5.91 Å². The van der Waals surface area contributed by atoms with Gasteiger partial charge in [0.2, 0.25) is 0 Å². The van der Waals surface area contributed by atoms with Gasteiger partial charge in [0.1, 0.15) is 6.20 Å². The van der Waals surface area contributed by atoms with E-state index in [1.54, 1.807) is 12.3 Å². The van der Waals surface area contributed by atoms with Crippen LogP contribution in [-0.2, 0) is 6.42 Å². The maximum atomic E-state index is 11.6. The molecule has 1 aromatic rings. The first kappa shape index (κ1) is 8.68. The summed E-state index contributed by atoms with van der Waals surface area (Å²) in [5.74, 6) is -0.410. The predicted molar refractivity (Wildman–Crippen MR) is 47.4 cm³/mol. The molecule has 0 saturated heterocycles. The molecule has 0 unspecified atom stereocenters. The van der Waals surface area contributed by atoms with Gasteiger partial charge in [-0.3, -0.25) is 14.7 Å². The van der Waals surface area contributed by atoms with E-state index in [4.69, 9.17) is 5.73 Å². The molecule has 0 saturated carbocycles. The number of hydrogen-bond acceptors (Lipinski definition) is 3. The molecule has 0 spiro atoms. The number of amides is 3. The summed E-state index contributed by atoms with van der Waals surface area (Å²) in [4.78, 5) is 27.2. The largest absolute Gasteiger partial charge is 0.351 e.